The first-order valence-electron chi connectivity index (χ1n) is 30.9. The van der Waals surface area contributed by atoms with E-state index in [0.717, 1.165) is 54.3 Å². The molecule has 7 aromatic carbocycles. The topological polar surface area (TPSA) is 290 Å². The Hall–Kier alpha value is -12.3. The van der Waals surface area contributed by atoms with E-state index in [-0.39, 0.29) is 43.3 Å². The third kappa shape index (κ3) is 15.8. The van der Waals surface area contributed by atoms with Crippen molar-refractivity contribution in [2.75, 3.05) is 21.3 Å². The quantitative estimate of drug-likeness (QED) is 0.0765. The average Bonchev–Trinajstić information content (AvgIpc) is 1.64. The van der Waals surface area contributed by atoms with Crippen molar-refractivity contribution in [2.45, 2.75) is 51.3 Å². The van der Waals surface area contributed by atoms with Gasteiger partial charge in [-0.3, -0.25) is 50.6 Å². The number of thiophene rings is 3. The highest BCUT2D eigenvalue weighted by Crippen LogP contribution is 2.47. The summed E-state index contributed by atoms with van der Waals surface area (Å²) in [5, 5.41) is 63.9. The number of aryl methyl sites for hydroxylation is 3. The summed E-state index contributed by atoms with van der Waals surface area (Å²) in [6.07, 6.45) is 4.37. The molecular weight excluding hydrogens is 1360 g/mol. The van der Waals surface area contributed by atoms with Crippen LogP contribution in [0.5, 0.6) is 46.0 Å². The molecule has 5 unspecified atom stereocenters. The lowest BCUT2D eigenvalue weighted by Gasteiger charge is -2.24. The molecule has 0 radical (unpaired) electrons. The molecule has 0 saturated carbocycles. The Morgan fingerprint density at radius 1 is 0.366 bits per heavy atom. The molecule has 512 valence electrons. The van der Waals surface area contributed by atoms with Gasteiger partial charge in [0, 0.05) is 85.3 Å². The number of rotatable bonds is 13. The SMILES string of the molecule is COc1cccc2c1OC(c1ccc(C)cc1)C([N+](=O)[O-])=C2.COc1cccc2c1OC(c1ccsc1)C([N+](=O)[O-])=C2.COc1cccc2c1OC(c1csc(C)c1)C([N+](=O)[O-])=C2.Cc1ccccc1C1Oc2ccccc2C=C1[N+](=O)[O-].O=[N+]([O-])C1=Cc2ccccc2OC1c1cccs1. The second-order valence-corrected chi connectivity index (χ2v) is 25.5. The number of ether oxygens (including phenoxy) is 8. The Bertz CT molecular complexity index is 4910. The van der Waals surface area contributed by atoms with Crippen molar-refractivity contribution in [3.05, 3.63) is 347 Å². The van der Waals surface area contributed by atoms with Crippen molar-refractivity contribution in [3.63, 3.8) is 0 Å². The van der Waals surface area contributed by atoms with Crippen LogP contribution in [0.1, 0.15) is 101 Å². The van der Waals surface area contributed by atoms with Crippen LogP contribution in [0.3, 0.4) is 0 Å². The smallest absolute Gasteiger partial charge is 0.292 e. The fraction of sp³-hybridized carbons (Fsp3) is 0.147. The molecule has 0 amide bonds. The van der Waals surface area contributed by atoms with Crippen molar-refractivity contribution in [1.29, 1.82) is 0 Å². The number of nitrogens with zero attached hydrogens (tertiary/aromatic N) is 5. The van der Waals surface area contributed by atoms with E-state index < -0.39 is 40.4 Å². The standard InChI is InChI=1S/C17H15NO4.C16H13NO3.C15H13NO4S.C14H11NO4S.C13H9NO3S/c1-11-6-8-12(9-7-11)16-14(18(19)20)10-13-4-3-5-15(21-2)17(13)22-16;1-11-6-2-4-8-13(11)16-14(17(18)19)10-12-7-3-5-9-15(12)20-16;1-9-6-11(8-21-9)14-12(16(17)18)7-10-4-3-5-13(19-2)15(10)20-14;1-18-12-4-2-3-9-7-11(15(16)17)13(19-14(9)12)10-5-6-20-8-10;15-14(16)10-8-9-4-1-2-5-11(9)17-13(10)12-6-3-7-18-12/h3-10,16H,1-2H3;2-10,16H,1H3;3-8,14H,1-2H3;2-8,13H,1H3;1-8,13H. The minimum atomic E-state index is -0.751. The van der Waals surface area contributed by atoms with Crippen LogP contribution < -0.4 is 37.9 Å². The summed E-state index contributed by atoms with van der Waals surface area (Å²) >= 11 is 4.47. The summed E-state index contributed by atoms with van der Waals surface area (Å²) in [7, 11) is 4.65. The zero-order valence-electron chi connectivity index (χ0n) is 54.6. The fourth-order valence-electron chi connectivity index (χ4n) is 11.3. The molecule has 8 heterocycles. The zero-order chi connectivity index (χ0) is 71.4. The molecule has 23 nitrogen and oxygen atoms in total. The molecule has 5 aliphatic rings. The number of hydrogen-bond acceptors (Lipinski definition) is 21. The van der Waals surface area contributed by atoms with Crippen LogP contribution >= 0.6 is 34.0 Å². The maximum atomic E-state index is 11.4. The molecule has 0 aliphatic carbocycles. The predicted molar refractivity (Wildman–Crippen MR) is 384 cm³/mol. The Labute approximate surface area is 589 Å². The Morgan fingerprint density at radius 2 is 0.782 bits per heavy atom. The van der Waals surface area contributed by atoms with E-state index in [1.807, 2.05) is 164 Å². The number of nitro groups is 5. The number of methoxy groups -OCH3 is 3. The lowest BCUT2D eigenvalue weighted by atomic mass is 9.97. The molecule has 5 atom stereocenters. The molecule has 0 spiro atoms. The molecule has 15 rings (SSSR count). The number of benzene rings is 7. The summed E-state index contributed by atoms with van der Waals surface area (Å²) in [5.74, 6) is 4.67. The van der Waals surface area contributed by atoms with Crippen LogP contribution in [0.4, 0.5) is 0 Å². The van der Waals surface area contributed by atoms with E-state index in [2.05, 4.69) is 0 Å². The van der Waals surface area contributed by atoms with E-state index >= 15 is 0 Å². The van der Waals surface area contributed by atoms with Crippen LogP contribution in [0.25, 0.3) is 30.4 Å². The summed E-state index contributed by atoms with van der Waals surface area (Å²) in [5.41, 5.74) is 8.87. The third-order valence-corrected chi connectivity index (χ3v) is 18.7. The van der Waals surface area contributed by atoms with E-state index in [1.165, 1.54) is 22.7 Å². The summed E-state index contributed by atoms with van der Waals surface area (Å²) in [6.45, 7) is 5.85. The number of fused-ring (bicyclic) bond motifs is 5. The molecule has 10 aromatic rings. The van der Waals surface area contributed by atoms with Gasteiger partial charge in [-0.2, -0.15) is 11.3 Å². The van der Waals surface area contributed by atoms with E-state index in [0.29, 0.717) is 62.7 Å². The van der Waals surface area contributed by atoms with Gasteiger partial charge < -0.3 is 37.9 Å². The van der Waals surface area contributed by atoms with E-state index in [1.54, 1.807) is 118 Å². The van der Waals surface area contributed by atoms with Crippen LogP contribution in [0.2, 0.25) is 0 Å². The van der Waals surface area contributed by atoms with Crippen molar-refractivity contribution in [1.82, 2.24) is 0 Å². The van der Waals surface area contributed by atoms with Crippen LogP contribution in [0.15, 0.2) is 226 Å². The molecule has 101 heavy (non-hydrogen) atoms. The molecule has 26 heteroatoms. The second kappa shape index (κ2) is 31.5. The monoisotopic (exact) mass is 1420 g/mol. The second-order valence-electron chi connectivity index (χ2n) is 22.7. The average molecular weight is 1420 g/mol. The maximum Gasteiger partial charge on any atom is 0.292 e. The normalized spacial score (nSPS) is 16.8. The molecule has 0 N–H and O–H groups in total. The van der Waals surface area contributed by atoms with Crippen LogP contribution in [0, 0.1) is 71.3 Å². The minimum Gasteiger partial charge on any atom is -0.493 e. The number of para-hydroxylation sites is 5. The van der Waals surface area contributed by atoms with Gasteiger partial charge in [0.2, 0.25) is 30.5 Å². The summed E-state index contributed by atoms with van der Waals surface area (Å²) in [6, 6.07) is 53.2. The zero-order valence-corrected chi connectivity index (χ0v) is 57.1. The van der Waals surface area contributed by atoms with Gasteiger partial charge in [-0.25, -0.2) is 0 Å². The first-order valence-corrected chi connectivity index (χ1v) is 33.6. The Balaban J connectivity index is 0.000000127. The van der Waals surface area contributed by atoms with Gasteiger partial charge in [0.25, 0.3) is 28.5 Å². The van der Waals surface area contributed by atoms with Crippen LogP contribution in [-0.2, 0) is 0 Å². The van der Waals surface area contributed by atoms with Gasteiger partial charge in [-0.1, -0.05) is 133 Å². The number of hydrogen-bond donors (Lipinski definition) is 0. The van der Waals surface area contributed by atoms with E-state index in [9.17, 15) is 50.6 Å². The highest BCUT2D eigenvalue weighted by molar-refractivity contribution is 7.10. The molecule has 5 aliphatic heterocycles. The van der Waals surface area contributed by atoms with Crippen molar-refractivity contribution < 1.29 is 62.5 Å². The van der Waals surface area contributed by atoms with Gasteiger partial charge >= 0.3 is 0 Å². The third-order valence-electron chi connectivity index (χ3n) is 16.2. The van der Waals surface area contributed by atoms with Gasteiger partial charge in [-0.15, -0.1) is 22.7 Å². The highest BCUT2D eigenvalue weighted by atomic mass is 32.1. The lowest BCUT2D eigenvalue weighted by molar-refractivity contribution is -0.434. The fourth-order valence-corrected chi connectivity index (χ4v) is 13.4. The van der Waals surface area contributed by atoms with Crippen molar-refractivity contribution in [3.8, 4) is 46.0 Å². The van der Waals surface area contributed by atoms with Gasteiger partial charge in [0.1, 0.15) is 11.5 Å². The Kier molecular flexibility index (Phi) is 21.9. The highest BCUT2D eigenvalue weighted by Gasteiger charge is 2.39. The lowest BCUT2D eigenvalue weighted by Crippen LogP contribution is -2.20. The molecule has 0 saturated heterocycles. The first kappa shape index (κ1) is 70.1. The minimum absolute atomic E-state index is 0.0182. The van der Waals surface area contributed by atoms with Gasteiger partial charge in [0.05, 0.1) is 50.8 Å². The van der Waals surface area contributed by atoms with E-state index in [4.69, 9.17) is 37.9 Å². The summed E-state index contributed by atoms with van der Waals surface area (Å²) < 4.78 is 45.1. The molecular formula is C75H61N5O18S3. The van der Waals surface area contributed by atoms with Gasteiger partial charge in [0.15, 0.2) is 34.5 Å². The molecule has 0 fully saturated rings. The van der Waals surface area contributed by atoms with Gasteiger partial charge in [-0.05, 0) is 96.4 Å². The Morgan fingerprint density at radius 3 is 1.21 bits per heavy atom. The molecule has 3 aromatic heterocycles. The summed E-state index contributed by atoms with van der Waals surface area (Å²) in [4.78, 5) is 56.4. The van der Waals surface area contributed by atoms with Crippen LogP contribution in [-0.4, -0.2) is 45.9 Å². The van der Waals surface area contributed by atoms with Crippen molar-refractivity contribution >= 4 is 64.4 Å². The maximum absolute atomic E-state index is 11.4. The predicted octanol–water partition coefficient (Wildman–Crippen LogP) is 18.3. The first-order chi connectivity index (χ1) is 48.8. The largest absolute Gasteiger partial charge is 0.493 e. The van der Waals surface area contributed by atoms with Crippen molar-refractivity contribution in [2.24, 2.45) is 0 Å². The molecule has 0 bridgehead atoms.